The number of rotatable bonds is 6. The molecule has 3 aromatic rings. The van der Waals surface area contributed by atoms with Gasteiger partial charge in [0.05, 0.1) is 0 Å². The molecular weight excluding hydrogens is 394 g/mol. The molecule has 162 valence electrons. The molecule has 3 nitrogen and oxygen atoms in total. The summed E-state index contributed by atoms with van der Waals surface area (Å²) in [5.41, 5.74) is 8.82. The number of hydrogen-bond acceptors (Lipinski definition) is 3. The number of halogens is 1. The van der Waals surface area contributed by atoms with Crippen molar-refractivity contribution in [3.05, 3.63) is 94.5 Å². The van der Waals surface area contributed by atoms with Gasteiger partial charge in [-0.1, -0.05) is 68.3 Å². The summed E-state index contributed by atoms with van der Waals surface area (Å²) in [6.07, 6.45) is 1.25. The fourth-order valence-electron chi connectivity index (χ4n) is 2.33. The normalized spacial score (nSPS) is 9.53. The third-order valence-corrected chi connectivity index (χ3v) is 3.94. The third kappa shape index (κ3) is 11.5. The van der Waals surface area contributed by atoms with Crippen molar-refractivity contribution in [2.45, 2.75) is 40.7 Å². The zero-order valence-electron chi connectivity index (χ0n) is 18.5. The molecule has 0 spiro atoms. The quantitative estimate of drug-likeness (QED) is 0.461. The van der Waals surface area contributed by atoms with E-state index in [1.807, 2.05) is 73.7 Å². The average Bonchev–Trinajstić information content (AvgIpc) is 2.73. The largest absolute Gasteiger partial charge is 0.492 e. The van der Waals surface area contributed by atoms with Gasteiger partial charge in [0.15, 0.2) is 0 Å². The van der Waals surface area contributed by atoms with Crippen molar-refractivity contribution in [3.63, 3.8) is 0 Å². The molecule has 0 saturated heterocycles. The zero-order valence-corrected chi connectivity index (χ0v) is 19.3. The first kappa shape index (κ1) is 25.5. The van der Waals surface area contributed by atoms with Crippen LogP contribution in [0, 0.1) is 13.8 Å². The minimum absolute atomic E-state index is 0.563. The van der Waals surface area contributed by atoms with Crippen LogP contribution in [0.25, 0.3) is 0 Å². The van der Waals surface area contributed by atoms with E-state index in [-0.39, 0.29) is 0 Å². The molecular formula is C26H34ClNO2. The summed E-state index contributed by atoms with van der Waals surface area (Å²) in [7, 11) is 0. The number of aryl methyl sites for hydroxylation is 2. The Morgan fingerprint density at radius 3 is 1.73 bits per heavy atom. The molecule has 4 heteroatoms. The summed E-state index contributed by atoms with van der Waals surface area (Å²) in [5, 5.41) is 0.749. The SMILES string of the molecule is CCC.Cc1cccc(OCCN)c1.Cc1cccc(OCc2ccc(Cl)cc2)c1. The predicted octanol–water partition coefficient (Wildman–Crippen LogP) is 6.98. The molecule has 0 unspecified atom stereocenters. The van der Waals surface area contributed by atoms with E-state index in [1.165, 1.54) is 17.5 Å². The molecule has 3 rings (SSSR count). The Morgan fingerprint density at radius 2 is 1.27 bits per heavy atom. The monoisotopic (exact) mass is 427 g/mol. The molecule has 0 heterocycles. The lowest BCUT2D eigenvalue weighted by Gasteiger charge is -2.06. The first-order chi connectivity index (χ1) is 14.5. The van der Waals surface area contributed by atoms with Gasteiger partial charge in [0, 0.05) is 11.6 Å². The second kappa shape index (κ2) is 15.4. The van der Waals surface area contributed by atoms with Crippen molar-refractivity contribution >= 4 is 11.6 Å². The van der Waals surface area contributed by atoms with E-state index >= 15 is 0 Å². The Morgan fingerprint density at radius 1 is 0.767 bits per heavy atom. The third-order valence-electron chi connectivity index (χ3n) is 3.68. The number of benzene rings is 3. The predicted molar refractivity (Wildman–Crippen MR) is 129 cm³/mol. The Hall–Kier alpha value is -2.49. The molecule has 0 aromatic heterocycles. The van der Waals surface area contributed by atoms with Crippen LogP contribution in [0.4, 0.5) is 0 Å². The van der Waals surface area contributed by atoms with Gasteiger partial charge in [-0.05, 0) is 66.9 Å². The maximum atomic E-state index is 5.81. The molecule has 0 aliphatic heterocycles. The van der Waals surface area contributed by atoms with Crippen LogP contribution in [-0.4, -0.2) is 13.2 Å². The molecule has 0 aliphatic rings. The molecule has 2 N–H and O–H groups in total. The van der Waals surface area contributed by atoms with Crippen molar-refractivity contribution in [3.8, 4) is 11.5 Å². The average molecular weight is 428 g/mol. The van der Waals surface area contributed by atoms with Gasteiger partial charge < -0.3 is 15.2 Å². The number of ether oxygens (including phenoxy) is 2. The molecule has 0 saturated carbocycles. The second-order valence-corrected chi connectivity index (χ2v) is 7.33. The van der Waals surface area contributed by atoms with E-state index in [0.29, 0.717) is 19.8 Å². The highest BCUT2D eigenvalue weighted by Gasteiger charge is 1.96. The van der Waals surface area contributed by atoms with Crippen LogP contribution in [0.1, 0.15) is 37.0 Å². The van der Waals surface area contributed by atoms with Crippen LogP contribution in [0.15, 0.2) is 72.8 Å². The molecule has 0 amide bonds. The van der Waals surface area contributed by atoms with Crippen molar-refractivity contribution in [1.29, 1.82) is 0 Å². The van der Waals surface area contributed by atoms with Gasteiger partial charge >= 0.3 is 0 Å². The highest BCUT2D eigenvalue weighted by Crippen LogP contribution is 2.16. The maximum absolute atomic E-state index is 5.81. The van der Waals surface area contributed by atoms with Gasteiger partial charge in [0.1, 0.15) is 24.7 Å². The van der Waals surface area contributed by atoms with E-state index in [9.17, 15) is 0 Å². The zero-order chi connectivity index (χ0) is 22.2. The van der Waals surface area contributed by atoms with Crippen LogP contribution in [-0.2, 0) is 6.61 Å². The smallest absolute Gasteiger partial charge is 0.120 e. The maximum Gasteiger partial charge on any atom is 0.120 e. The van der Waals surface area contributed by atoms with E-state index < -0.39 is 0 Å². The van der Waals surface area contributed by atoms with Crippen LogP contribution >= 0.6 is 11.6 Å². The first-order valence-corrected chi connectivity index (χ1v) is 10.7. The summed E-state index contributed by atoms with van der Waals surface area (Å²) in [6, 6.07) is 23.7. The molecule has 30 heavy (non-hydrogen) atoms. The van der Waals surface area contributed by atoms with Gasteiger partial charge in [0.2, 0.25) is 0 Å². The molecule has 3 aromatic carbocycles. The Bertz CT molecular complexity index is 834. The van der Waals surface area contributed by atoms with Gasteiger partial charge in [-0.25, -0.2) is 0 Å². The highest BCUT2D eigenvalue weighted by atomic mass is 35.5. The van der Waals surface area contributed by atoms with Crippen LogP contribution in [0.2, 0.25) is 5.02 Å². The first-order valence-electron chi connectivity index (χ1n) is 10.3. The van der Waals surface area contributed by atoms with E-state index in [0.717, 1.165) is 22.1 Å². The van der Waals surface area contributed by atoms with Crippen molar-refractivity contribution < 1.29 is 9.47 Å². The van der Waals surface area contributed by atoms with Crippen LogP contribution in [0.3, 0.4) is 0 Å². The lowest BCUT2D eigenvalue weighted by Crippen LogP contribution is -2.10. The summed E-state index contributed by atoms with van der Waals surface area (Å²) < 4.78 is 11.0. The van der Waals surface area contributed by atoms with Gasteiger partial charge in [-0.3, -0.25) is 0 Å². The Balaban J connectivity index is 0.000000280. The van der Waals surface area contributed by atoms with Gasteiger partial charge in [-0.2, -0.15) is 0 Å². The topological polar surface area (TPSA) is 44.5 Å². The Labute approximate surface area is 186 Å². The van der Waals surface area contributed by atoms with E-state index in [4.69, 9.17) is 26.8 Å². The lowest BCUT2D eigenvalue weighted by molar-refractivity contribution is 0.306. The molecule has 0 fully saturated rings. The molecule has 0 bridgehead atoms. The summed E-state index contributed by atoms with van der Waals surface area (Å²) in [4.78, 5) is 0. The van der Waals surface area contributed by atoms with Crippen molar-refractivity contribution in [2.24, 2.45) is 5.73 Å². The van der Waals surface area contributed by atoms with E-state index in [2.05, 4.69) is 26.8 Å². The standard InChI is InChI=1S/C14H13ClO.C9H13NO.C3H8/c1-11-3-2-4-14(9-11)16-10-12-5-7-13(15)8-6-12;1-8-3-2-4-9(7-8)11-6-5-10;1-3-2/h2-9H,10H2,1H3;2-4,7H,5-6,10H2,1H3;3H2,1-2H3. The Kier molecular flexibility index (Phi) is 13.1. The number of hydrogen-bond donors (Lipinski definition) is 1. The van der Waals surface area contributed by atoms with E-state index in [1.54, 1.807) is 0 Å². The summed E-state index contributed by atoms with van der Waals surface area (Å²) in [6.45, 7) is 10.1. The minimum Gasteiger partial charge on any atom is -0.492 e. The minimum atomic E-state index is 0.563. The molecule has 0 radical (unpaired) electrons. The van der Waals surface area contributed by atoms with Gasteiger partial charge in [-0.15, -0.1) is 0 Å². The summed E-state index contributed by atoms with van der Waals surface area (Å²) in [5.74, 6) is 1.80. The van der Waals surface area contributed by atoms with Crippen molar-refractivity contribution in [1.82, 2.24) is 0 Å². The van der Waals surface area contributed by atoms with Gasteiger partial charge in [0.25, 0.3) is 0 Å². The lowest BCUT2D eigenvalue weighted by atomic mass is 10.2. The molecule has 0 aliphatic carbocycles. The number of nitrogens with two attached hydrogens (primary N) is 1. The summed E-state index contributed by atoms with van der Waals surface area (Å²) >= 11 is 5.81. The fraction of sp³-hybridized carbons (Fsp3) is 0.308. The second-order valence-electron chi connectivity index (χ2n) is 6.89. The van der Waals surface area contributed by atoms with Crippen LogP contribution < -0.4 is 15.2 Å². The van der Waals surface area contributed by atoms with Crippen LogP contribution in [0.5, 0.6) is 11.5 Å². The fourth-order valence-corrected chi connectivity index (χ4v) is 2.46. The highest BCUT2D eigenvalue weighted by molar-refractivity contribution is 6.30. The molecule has 0 atom stereocenters. The van der Waals surface area contributed by atoms with Crippen molar-refractivity contribution in [2.75, 3.05) is 13.2 Å².